The van der Waals surface area contributed by atoms with E-state index in [0.29, 0.717) is 16.3 Å². The average molecular weight is 313 g/mol. The second-order valence-corrected chi connectivity index (χ2v) is 5.10. The Kier molecular flexibility index (Phi) is 3.98. The fraction of sp³-hybridized carbons (Fsp3) is 0.0556. The van der Waals surface area contributed by atoms with Crippen LogP contribution in [0.1, 0.15) is 10.4 Å². The fourth-order valence-corrected chi connectivity index (χ4v) is 2.46. The maximum absolute atomic E-state index is 12.1. The van der Waals surface area contributed by atoms with E-state index in [9.17, 15) is 4.79 Å². The minimum Gasteiger partial charge on any atom is -0.497 e. The Balaban J connectivity index is 1.95. The first-order valence-corrected chi connectivity index (χ1v) is 7.10. The van der Waals surface area contributed by atoms with Gasteiger partial charge in [0.15, 0.2) is 0 Å². The van der Waals surface area contributed by atoms with E-state index >= 15 is 0 Å². The predicted octanol–water partition coefficient (Wildman–Crippen LogP) is 4.72. The standard InChI is InChI=1S/C18H13ClO3/c1-21-14-8-9-15-13(11-14)7-10-16(17(15)19)22-18(20)12-5-3-2-4-6-12/h2-11H,1H3. The molecule has 0 heterocycles. The molecule has 0 spiro atoms. The zero-order valence-corrected chi connectivity index (χ0v) is 12.6. The summed E-state index contributed by atoms with van der Waals surface area (Å²) in [7, 11) is 1.61. The third-order valence-electron chi connectivity index (χ3n) is 3.34. The highest BCUT2D eigenvalue weighted by atomic mass is 35.5. The van der Waals surface area contributed by atoms with Gasteiger partial charge in [0.25, 0.3) is 0 Å². The van der Waals surface area contributed by atoms with Crippen LogP contribution in [-0.4, -0.2) is 13.1 Å². The molecule has 0 aromatic heterocycles. The molecule has 0 bridgehead atoms. The van der Waals surface area contributed by atoms with Crippen molar-refractivity contribution in [3.63, 3.8) is 0 Å². The predicted molar refractivity (Wildman–Crippen MR) is 86.9 cm³/mol. The molecule has 22 heavy (non-hydrogen) atoms. The maximum atomic E-state index is 12.1. The molecule has 3 nitrogen and oxygen atoms in total. The van der Waals surface area contributed by atoms with Gasteiger partial charge in [-0.25, -0.2) is 4.79 Å². The minimum atomic E-state index is -0.435. The van der Waals surface area contributed by atoms with Crippen LogP contribution in [0.3, 0.4) is 0 Å². The molecule has 3 rings (SSSR count). The number of rotatable bonds is 3. The Morgan fingerprint density at radius 2 is 1.77 bits per heavy atom. The Labute approximate surface area is 133 Å². The van der Waals surface area contributed by atoms with Crippen LogP contribution >= 0.6 is 11.6 Å². The molecule has 0 aliphatic carbocycles. The van der Waals surface area contributed by atoms with Crippen molar-refractivity contribution in [2.75, 3.05) is 7.11 Å². The number of methoxy groups -OCH3 is 1. The van der Waals surface area contributed by atoms with Gasteiger partial charge in [-0.1, -0.05) is 35.9 Å². The highest BCUT2D eigenvalue weighted by Crippen LogP contribution is 2.34. The summed E-state index contributed by atoms with van der Waals surface area (Å²) in [5.41, 5.74) is 0.480. The highest BCUT2D eigenvalue weighted by molar-refractivity contribution is 6.37. The molecule has 0 atom stereocenters. The summed E-state index contributed by atoms with van der Waals surface area (Å²) in [6, 6.07) is 17.9. The maximum Gasteiger partial charge on any atom is 0.343 e. The molecule has 3 aromatic rings. The Bertz CT molecular complexity index is 828. The Hall–Kier alpha value is -2.52. The number of hydrogen-bond acceptors (Lipinski definition) is 3. The van der Waals surface area contributed by atoms with Gasteiger partial charge in [-0.05, 0) is 41.8 Å². The van der Waals surface area contributed by atoms with E-state index in [-0.39, 0.29) is 0 Å². The topological polar surface area (TPSA) is 35.5 Å². The van der Waals surface area contributed by atoms with Gasteiger partial charge in [-0.15, -0.1) is 0 Å². The number of hydrogen-bond donors (Lipinski definition) is 0. The van der Waals surface area contributed by atoms with E-state index in [1.165, 1.54) is 0 Å². The third kappa shape index (κ3) is 2.76. The molecule has 0 fully saturated rings. The highest BCUT2D eigenvalue weighted by Gasteiger charge is 2.13. The molecule has 0 radical (unpaired) electrons. The molecule has 0 unspecified atom stereocenters. The van der Waals surface area contributed by atoms with Crippen molar-refractivity contribution in [1.82, 2.24) is 0 Å². The number of esters is 1. The average Bonchev–Trinajstić information content (AvgIpc) is 2.57. The van der Waals surface area contributed by atoms with Gasteiger partial charge < -0.3 is 9.47 Å². The molecule has 0 saturated carbocycles. The summed E-state index contributed by atoms with van der Waals surface area (Å²) in [5, 5.41) is 2.13. The Morgan fingerprint density at radius 3 is 2.50 bits per heavy atom. The van der Waals surface area contributed by atoms with E-state index in [4.69, 9.17) is 21.1 Å². The van der Waals surface area contributed by atoms with Gasteiger partial charge in [0.2, 0.25) is 0 Å². The number of benzene rings is 3. The summed E-state index contributed by atoms with van der Waals surface area (Å²) in [5.74, 6) is 0.654. The molecular formula is C18H13ClO3. The number of ether oxygens (including phenoxy) is 2. The van der Waals surface area contributed by atoms with Crippen LogP contribution in [0.2, 0.25) is 5.02 Å². The first-order valence-electron chi connectivity index (χ1n) is 6.72. The fourth-order valence-electron chi connectivity index (χ4n) is 2.19. The van der Waals surface area contributed by atoms with Crippen LogP contribution in [-0.2, 0) is 0 Å². The number of carbonyl (C=O) groups excluding carboxylic acids is 1. The summed E-state index contributed by atoms with van der Waals surface area (Å²) in [4.78, 5) is 12.1. The van der Waals surface area contributed by atoms with Crippen molar-refractivity contribution in [3.8, 4) is 11.5 Å². The molecule has 0 aliphatic rings. The lowest BCUT2D eigenvalue weighted by Gasteiger charge is -2.09. The smallest absolute Gasteiger partial charge is 0.343 e. The lowest BCUT2D eigenvalue weighted by molar-refractivity contribution is 0.0735. The zero-order chi connectivity index (χ0) is 15.5. The lowest BCUT2D eigenvalue weighted by atomic mass is 10.1. The van der Waals surface area contributed by atoms with Crippen molar-refractivity contribution >= 4 is 28.3 Å². The van der Waals surface area contributed by atoms with Crippen LogP contribution < -0.4 is 9.47 Å². The van der Waals surface area contributed by atoms with Gasteiger partial charge in [0, 0.05) is 5.39 Å². The van der Waals surface area contributed by atoms with E-state index in [0.717, 1.165) is 16.5 Å². The van der Waals surface area contributed by atoms with Crippen molar-refractivity contribution in [3.05, 3.63) is 71.2 Å². The second kappa shape index (κ2) is 6.08. The number of fused-ring (bicyclic) bond motifs is 1. The molecule has 0 saturated heterocycles. The van der Waals surface area contributed by atoms with Crippen molar-refractivity contribution in [2.45, 2.75) is 0 Å². The van der Waals surface area contributed by atoms with E-state index in [1.807, 2.05) is 30.3 Å². The number of carbonyl (C=O) groups is 1. The van der Waals surface area contributed by atoms with Crippen molar-refractivity contribution < 1.29 is 14.3 Å². The van der Waals surface area contributed by atoms with Crippen molar-refractivity contribution in [2.24, 2.45) is 0 Å². The van der Waals surface area contributed by atoms with Crippen molar-refractivity contribution in [1.29, 1.82) is 0 Å². The first kappa shape index (κ1) is 14.4. The van der Waals surface area contributed by atoms with Gasteiger partial charge in [0.1, 0.15) is 11.5 Å². The van der Waals surface area contributed by atoms with Crippen LogP contribution in [0.5, 0.6) is 11.5 Å². The normalized spacial score (nSPS) is 10.5. The quantitative estimate of drug-likeness (QED) is 0.518. The third-order valence-corrected chi connectivity index (χ3v) is 3.73. The Morgan fingerprint density at radius 1 is 1.00 bits per heavy atom. The summed E-state index contributed by atoms with van der Waals surface area (Å²) in [6.45, 7) is 0. The summed E-state index contributed by atoms with van der Waals surface area (Å²) in [6.07, 6.45) is 0. The van der Waals surface area contributed by atoms with Crippen LogP contribution in [0.4, 0.5) is 0 Å². The van der Waals surface area contributed by atoms with Crippen LogP contribution in [0.15, 0.2) is 60.7 Å². The van der Waals surface area contributed by atoms with Gasteiger partial charge in [-0.3, -0.25) is 0 Å². The second-order valence-electron chi connectivity index (χ2n) is 4.72. The molecule has 3 aromatic carbocycles. The van der Waals surface area contributed by atoms with E-state index in [2.05, 4.69) is 0 Å². The largest absolute Gasteiger partial charge is 0.497 e. The van der Waals surface area contributed by atoms with E-state index in [1.54, 1.807) is 37.4 Å². The molecule has 0 aliphatic heterocycles. The summed E-state index contributed by atoms with van der Waals surface area (Å²) < 4.78 is 10.6. The monoisotopic (exact) mass is 312 g/mol. The first-order chi connectivity index (χ1) is 10.7. The molecular weight excluding hydrogens is 300 g/mol. The van der Waals surface area contributed by atoms with Gasteiger partial charge in [0.05, 0.1) is 17.7 Å². The van der Waals surface area contributed by atoms with Crippen LogP contribution in [0.25, 0.3) is 10.8 Å². The number of halogens is 1. The zero-order valence-electron chi connectivity index (χ0n) is 11.9. The molecule has 110 valence electrons. The minimum absolute atomic E-state index is 0.341. The molecule has 0 amide bonds. The molecule has 0 N–H and O–H groups in total. The van der Waals surface area contributed by atoms with Gasteiger partial charge >= 0.3 is 5.97 Å². The summed E-state index contributed by atoms with van der Waals surface area (Å²) >= 11 is 6.35. The van der Waals surface area contributed by atoms with Gasteiger partial charge in [-0.2, -0.15) is 0 Å². The lowest BCUT2D eigenvalue weighted by Crippen LogP contribution is -2.08. The SMILES string of the molecule is COc1ccc2c(Cl)c(OC(=O)c3ccccc3)ccc2c1. The van der Waals surface area contributed by atoms with Crippen LogP contribution in [0, 0.1) is 0 Å². The molecule has 4 heteroatoms. The van der Waals surface area contributed by atoms with E-state index < -0.39 is 5.97 Å².